The van der Waals surface area contributed by atoms with Crippen molar-refractivity contribution in [1.82, 2.24) is 4.98 Å². The molecule has 48 heavy (non-hydrogen) atoms. The molecule has 0 unspecified atom stereocenters. The molecule has 0 amide bonds. The average molecular weight is 651 g/mol. The number of hydrogen-bond acceptors (Lipinski definition) is 5. The summed E-state index contributed by atoms with van der Waals surface area (Å²) in [7, 11) is 0. The van der Waals surface area contributed by atoms with Crippen LogP contribution in [-0.4, -0.2) is 4.98 Å². The summed E-state index contributed by atoms with van der Waals surface area (Å²) >= 11 is 3.65. The highest BCUT2D eigenvalue weighted by molar-refractivity contribution is 7.26. The predicted molar refractivity (Wildman–Crippen MR) is 205 cm³/mol. The molecule has 0 saturated heterocycles. The van der Waals surface area contributed by atoms with Gasteiger partial charge in [0.1, 0.15) is 5.52 Å². The Morgan fingerprint density at radius 2 is 1.12 bits per heavy atom. The van der Waals surface area contributed by atoms with Crippen molar-refractivity contribution in [2.75, 3.05) is 4.90 Å². The zero-order valence-electron chi connectivity index (χ0n) is 25.6. The molecule has 226 valence electrons. The molecule has 0 atom stereocenters. The first-order valence-electron chi connectivity index (χ1n) is 16.0. The highest BCUT2D eigenvalue weighted by Crippen LogP contribution is 2.49. The molecular weight excluding hydrogens is 625 g/mol. The second-order valence-electron chi connectivity index (χ2n) is 12.0. The Hall–Kier alpha value is -5.75. The van der Waals surface area contributed by atoms with Gasteiger partial charge in [-0.2, -0.15) is 0 Å². The molecule has 3 heterocycles. The van der Waals surface area contributed by atoms with Crippen LogP contribution in [-0.2, 0) is 0 Å². The van der Waals surface area contributed by atoms with Gasteiger partial charge in [0.25, 0.3) is 0 Å². The van der Waals surface area contributed by atoms with E-state index >= 15 is 0 Å². The van der Waals surface area contributed by atoms with Crippen molar-refractivity contribution < 1.29 is 4.42 Å². The van der Waals surface area contributed by atoms with Gasteiger partial charge in [-0.1, -0.05) is 97.1 Å². The summed E-state index contributed by atoms with van der Waals surface area (Å²) in [6.07, 6.45) is 0. The molecule has 3 aromatic heterocycles. The Bertz CT molecular complexity index is 2790. The van der Waals surface area contributed by atoms with Gasteiger partial charge in [0, 0.05) is 58.6 Å². The number of fused-ring (bicyclic) bond motifs is 8. The quantitative estimate of drug-likeness (QED) is 0.186. The normalized spacial score (nSPS) is 11.8. The number of benzene rings is 7. The minimum Gasteiger partial charge on any atom is -0.436 e. The third-order valence-electron chi connectivity index (χ3n) is 9.08. The summed E-state index contributed by atoms with van der Waals surface area (Å²) < 4.78 is 11.6. The first-order valence-corrected chi connectivity index (χ1v) is 17.6. The lowest BCUT2D eigenvalue weighted by molar-refractivity contribution is 0.620. The monoisotopic (exact) mass is 650 g/mol. The topological polar surface area (TPSA) is 29.3 Å². The van der Waals surface area contributed by atoms with Crippen LogP contribution in [0.15, 0.2) is 162 Å². The van der Waals surface area contributed by atoms with Gasteiger partial charge >= 0.3 is 0 Å². The molecule has 0 radical (unpaired) electrons. The van der Waals surface area contributed by atoms with Crippen LogP contribution in [0.3, 0.4) is 0 Å². The van der Waals surface area contributed by atoms with E-state index in [-0.39, 0.29) is 0 Å². The number of anilines is 3. The summed E-state index contributed by atoms with van der Waals surface area (Å²) in [5.74, 6) is 0.628. The molecule has 10 rings (SSSR count). The van der Waals surface area contributed by atoms with Crippen molar-refractivity contribution in [3.63, 3.8) is 0 Å². The highest BCUT2D eigenvalue weighted by atomic mass is 32.1. The summed E-state index contributed by atoms with van der Waals surface area (Å²) in [5.41, 5.74) is 8.22. The Balaban J connectivity index is 1.29. The largest absolute Gasteiger partial charge is 0.436 e. The summed E-state index contributed by atoms with van der Waals surface area (Å²) in [6, 6.07) is 56.0. The standard InChI is InChI=1S/C43H26N2OS2/c1-3-12-27(13-4-1)29-16-11-17-30(24-29)45(31-22-23-39-34(25-31)32-18-7-9-20-37(32)47-39)35-26-36-41(44-43(46-36)28-14-5-2-6-15-28)40-33-19-8-10-21-38(33)48-42(35)40/h1-26H. The minimum absolute atomic E-state index is 0.628. The molecule has 0 spiro atoms. The molecule has 0 aliphatic carbocycles. The molecule has 0 N–H and O–H groups in total. The zero-order valence-corrected chi connectivity index (χ0v) is 27.3. The van der Waals surface area contributed by atoms with Gasteiger partial charge in [0.15, 0.2) is 5.58 Å². The van der Waals surface area contributed by atoms with Crippen LogP contribution in [0.4, 0.5) is 17.1 Å². The van der Waals surface area contributed by atoms with Gasteiger partial charge < -0.3 is 9.32 Å². The van der Waals surface area contributed by atoms with Crippen molar-refractivity contribution in [2.45, 2.75) is 0 Å². The Morgan fingerprint density at radius 1 is 0.479 bits per heavy atom. The molecule has 0 saturated carbocycles. The summed E-state index contributed by atoms with van der Waals surface area (Å²) in [4.78, 5) is 7.53. The number of nitrogens with zero attached hydrogens (tertiary/aromatic N) is 2. The third-order valence-corrected chi connectivity index (χ3v) is 11.4. The van der Waals surface area contributed by atoms with Gasteiger partial charge in [-0.3, -0.25) is 0 Å². The van der Waals surface area contributed by atoms with Gasteiger partial charge in [-0.05, 0) is 65.7 Å². The maximum absolute atomic E-state index is 6.62. The molecule has 0 aliphatic rings. The van der Waals surface area contributed by atoms with E-state index < -0.39 is 0 Å². The van der Waals surface area contributed by atoms with Crippen molar-refractivity contribution in [2.24, 2.45) is 0 Å². The van der Waals surface area contributed by atoms with E-state index in [0.717, 1.165) is 39.1 Å². The van der Waals surface area contributed by atoms with E-state index in [2.05, 4.69) is 144 Å². The number of rotatable bonds is 5. The number of hydrogen-bond donors (Lipinski definition) is 0. The number of oxazole rings is 1. The van der Waals surface area contributed by atoms with Crippen molar-refractivity contribution in [3.8, 4) is 22.6 Å². The van der Waals surface area contributed by atoms with Crippen LogP contribution in [0.1, 0.15) is 0 Å². The molecule has 10 aromatic rings. The van der Waals surface area contributed by atoms with Gasteiger partial charge in [0.05, 0.1) is 10.4 Å². The van der Waals surface area contributed by atoms with E-state index in [1.807, 2.05) is 40.9 Å². The fourth-order valence-electron chi connectivity index (χ4n) is 6.87. The highest BCUT2D eigenvalue weighted by Gasteiger charge is 2.24. The fourth-order valence-corrected chi connectivity index (χ4v) is 9.16. The summed E-state index contributed by atoms with van der Waals surface area (Å²) in [5, 5.41) is 4.86. The molecule has 7 aromatic carbocycles. The van der Waals surface area contributed by atoms with Gasteiger partial charge in [-0.15, -0.1) is 22.7 Å². The van der Waals surface area contributed by atoms with E-state index in [4.69, 9.17) is 9.40 Å². The maximum atomic E-state index is 6.62. The molecule has 0 aliphatic heterocycles. The maximum Gasteiger partial charge on any atom is 0.227 e. The fraction of sp³-hybridized carbons (Fsp3) is 0. The molecular formula is C43H26N2OS2. The van der Waals surface area contributed by atoms with E-state index in [9.17, 15) is 0 Å². The van der Waals surface area contributed by atoms with Crippen LogP contribution >= 0.6 is 22.7 Å². The van der Waals surface area contributed by atoms with Crippen molar-refractivity contribution >= 4 is 91.2 Å². The lowest BCUT2D eigenvalue weighted by Crippen LogP contribution is -2.10. The molecule has 3 nitrogen and oxygen atoms in total. The van der Waals surface area contributed by atoms with E-state index in [0.29, 0.717) is 5.89 Å². The smallest absolute Gasteiger partial charge is 0.227 e. The number of thiophene rings is 2. The van der Waals surface area contributed by atoms with Crippen molar-refractivity contribution in [1.29, 1.82) is 0 Å². The first-order chi connectivity index (χ1) is 23.8. The van der Waals surface area contributed by atoms with Crippen LogP contribution < -0.4 is 4.90 Å². The van der Waals surface area contributed by atoms with Gasteiger partial charge in [0.2, 0.25) is 5.89 Å². The van der Waals surface area contributed by atoms with Crippen LogP contribution in [0.5, 0.6) is 0 Å². The second kappa shape index (κ2) is 10.9. The zero-order chi connectivity index (χ0) is 31.6. The Morgan fingerprint density at radius 3 is 1.94 bits per heavy atom. The second-order valence-corrected chi connectivity index (χ2v) is 14.1. The third kappa shape index (κ3) is 4.36. The lowest BCUT2D eigenvalue weighted by atomic mass is 10.0. The van der Waals surface area contributed by atoms with E-state index in [1.165, 1.54) is 46.1 Å². The SMILES string of the molecule is c1ccc(-c2cccc(N(c3ccc4sc5ccccc5c4c3)c3cc4oc(-c5ccccc5)nc4c4c3sc3ccccc34)c2)cc1. The Labute approximate surface area is 284 Å². The molecule has 0 bridgehead atoms. The predicted octanol–water partition coefficient (Wildman–Crippen LogP) is 13.4. The number of aromatic nitrogens is 1. The average Bonchev–Trinajstić information content (AvgIpc) is 3.86. The molecule has 0 fully saturated rings. The van der Waals surface area contributed by atoms with E-state index in [1.54, 1.807) is 0 Å². The van der Waals surface area contributed by atoms with Crippen LogP contribution in [0.25, 0.3) is 74.0 Å². The Kier molecular flexibility index (Phi) is 6.22. The molecule has 5 heteroatoms. The summed E-state index contributed by atoms with van der Waals surface area (Å²) in [6.45, 7) is 0. The van der Waals surface area contributed by atoms with Crippen LogP contribution in [0.2, 0.25) is 0 Å². The van der Waals surface area contributed by atoms with Gasteiger partial charge in [-0.25, -0.2) is 4.98 Å². The van der Waals surface area contributed by atoms with Crippen LogP contribution in [0, 0.1) is 0 Å². The minimum atomic E-state index is 0.628. The first kappa shape index (κ1) is 27.4. The van der Waals surface area contributed by atoms with Crippen molar-refractivity contribution in [3.05, 3.63) is 158 Å². The lowest BCUT2D eigenvalue weighted by Gasteiger charge is -2.27.